The summed E-state index contributed by atoms with van der Waals surface area (Å²) in [5.74, 6) is 0.342. The van der Waals surface area contributed by atoms with Gasteiger partial charge >= 0.3 is 6.16 Å². The monoisotopic (exact) mass is 228 g/mol. The molecule has 0 heterocycles. The summed E-state index contributed by atoms with van der Waals surface area (Å²) in [5.41, 5.74) is -0.285. The lowest BCUT2D eigenvalue weighted by atomic mass is 10.1. The summed E-state index contributed by atoms with van der Waals surface area (Å²) >= 11 is 0. The summed E-state index contributed by atoms with van der Waals surface area (Å²) in [6.45, 7) is 8.13. The van der Waals surface area contributed by atoms with E-state index in [1.807, 2.05) is 13.8 Å². The molecule has 1 saturated carbocycles. The molecule has 0 radical (unpaired) electrons. The Bertz CT molecular complexity index is 229. The second-order valence-electron chi connectivity index (χ2n) is 5.32. The molecule has 0 bridgehead atoms. The van der Waals surface area contributed by atoms with E-state index in [0.717, 1.165) is 32.1 Å². The predicted octanol–water partition coefficient (Wildman–Crippen LogP) is 3.91. The van der Waals surface area contributed by atoms with Crippen LogP contribution in [0.15, 0.2) is 0 Å². The van der Waals surface area contributed by atoms with E-state index in [-0.39, 0.29) is 11.7 Å². The second kappa shape index (κ2) is 5.55. The lowest BCUT2D eigenvalue weighted by Crippen LogP contribution is -2.31. The van der Waals surface area contributed by atoms with Crippen molar-refractivity contribution in [3.8, 4) is 0 Å². The zero-order valence-electron chi connectivity index (χ0n) is 10.9. The van der Waals surface area contributed by atoms with Crippen LogP contribution >= 0.6 is 0 Å². The van der Waals surface area contributed by atoms with Gasteiger partial charge < -0.3 is 9.47 Å². The highest BCUT2D eigenvalue weighted by molar-refractivity contribution is 5.60. The fraction of sp³-hybridized carbons (Fsp3) is 0.923. The van der Waals surface area contributed by atoms with Crippen molar-refractivity contribution in [3.05, 3.63) is 0 Å². The van der Waals surface area contributed by atoms with Crippen molar-refractivity contribution in [2.75, 3.05) is 0 Å². The zero-order chi connectivity index (χ0) is 12.2. The number of carbonyl (C=O) groups is 1. The van der Waals surface area contributed by atoms with Gasteiger partial charge in [-0.2, -0.15) is 0 Å². The molecule has 0 aromatic heterocycles. The molecule has 1 rings (SSSR count). The summed E-state index contributed by atoms with van der Waals surface area (Å²) < 4.78 is 10.7. The quantitative estimate of drug-likeness (QED) is 0.684. The number of ether oxygens (including phenoxy) is 2. The van der Waals surface area contributed by atoms with Crippen molar-refractivity contribution in [1.29, 1.82) is 0 Å². The summed E-state index contributed by atoms with van der Waals surface area (Å²) in [5, 5.41) is 0. The van der Waals surface area contributed by atoms with E-state index in [1.165, 1.54) is 0 Å². The van der Waals surface area contributed by atoms with E-state index in [1.54, 1.807) is 0 Å². The summed E-state index contributed by atoms with van der Waals surface area (Å²) in [7, 11) is 0. The molecule has 0 amide bonds. The Morgan fingerprint density at radius 2 is 1.88 bits per heavy atom. The SMILES string of the molecule is CCC(OC(=O)OC1(C)CCCC1)C(C)C. The molecule has 0 saturated heterocycles. The Morgan fingerprint density at radius 3 is 2.31 bits per heavy atom. The van der Waals surface area contributed by atoms with E-state index in [2.05, 4.69) is 13.8 Å². The minimum Gasteiger partial charge on any atom is -0.431 e. The van der Waals surface area contributed by atoms with Crippen molar-refractivity contribution in [3.63, 3.8) is 0 Å². The zero-order valence-corrected chi connectivity index (χ0v) is 10.9. The van der Waals surface area contributed by atoms with Crippen LogP contribution in [0, 0.1) is 5.92 Å². The molecule has 1 aliphatic carbocycles. The Morgan fingerprint density at radius 1 is 1.31 bits per heavy atom. The molecule has 1 atom stereocenters. The van der Waals surface area contributed by atoms with Gasteiger partial charge in [-0.05, 0) is 44.9 Å². The normalized spacial score (nSPS) is 20.8. The molecule has 3 nitrogen and oxygen atoms in total. The first-order valence-electron chi connectivity index (χ1n) is 6.36. The van der Waals surface area contributed by atoms with Crippen LogP contribution in [0.25, 0.3) is 0 Å². The minimum atomic E-state index is -0.495. The molecule has 16 heavy (non-hydrogen) atoms. The molecule has 0 N–H and O–H groups in total. The van der Waals surface area contributed by atoms with Gasteiger partial charge in [0.05, 0.1) is 0 Å². The van der Waals surface area contributed by atoms with Crippen LogP contribution in [-0.2, 0) is 9.47 Å². The van der Waals surface area contributed by atoms with Gasteiger partial charge in [-0.3, -0.25) is 0 Å². The van der Waals surface area contributed by atoms with Crippen molar-refractivity contribution < 1.29 is 14.3 Å². The highest BCUT2D eigenvalue weighted by Crippen LogP contribution is 2.33. The molecule has 0 aliphatic heterocycles. The fourth-order valence-electron chi connectivity index (χ4n) is 2.26. The molecule has 1 aliphatic rings. The summed E-state index contributed by atoms with van der Waals surface area (Å²) in [4.78, 5) is 11.6. The average Bonchev–Trinajstić information content (AvgIpc) is 2.60. The molecule has 0 aromatic rings. The van der Waals surface area contributed by atoms with Gasteiger partial charge in [-0.1, -0.05) is 20.8 Å². The number of rotatable bonds is 4. The van der Waals surface area contributed by atoms with E-state index < -0.39 is 6.16 Å². The molecule has 0 spiro atoms. The fourth-order valence-corrected chi connectivity index (χ4v) is 2.26. The van der Waals surface area contributed by atoms with Gasteiger partial charge in [0.15, 0.2) is 0 Å². The molecule has 3 heteroatoms. The number of hydrogen-bond acceptors (Lipinski definition) is 3. The van der Waals surface area contributed by atoms with Crippen LogP contribution in [0.3, 0.4) is 0 Å². The molecule has 1 fully saturated rings. The first-order valence-corrected chi connectivity index (χ1v) is 6.36. The Balaban J connectivity index is 2.40. The van der Waals surface area contributed by atoms with Crippen LogP contribution in [0.1, 0.15) is 59.8 Å². The third kappa shape index (κ3) is 3.69. The Hall–Kier alpha value is -0.730. The van der Waals surface area contributed by atoms with Crippen molar-refractivity contribution in [2.45, 2.75) is 71.5 Å². The summed E-state index contributed by atoms with van der Waals surface area (Å²) in [6, 6.07) is 0. The van der Waals surface area contributed by atoms with Crippen molar-refractivity contribution in [2.24, 2.45) is 5.92 Å². The number of carbonyl (C=O) groups excluding carboxylic acids is 1. The maximum atomic E-state index is 11.6. The van der Waals surface area contributed by atoms with Gasteiger partial charge in [0, 0.05) is 0 Å². The van der Waals surface area contributed by atoms with Gasteiger partial charge in [0.1, 0.15) is 11.7 Å². The third-order valence-electron chi connectivity index (χ3n) is 3.38. The van der Waals surface area contributed by atoms with Gasteiger partial charge in [-0.15, -0.1) is 0 Å². The molecular weight excluding hydrogens is 204 g/mol. The standard InChI is InChI=1S/C13H24O3/c1-5-11(10(2)3)15-12(14)16-13(4)8-6-7-9-13/h10-11H,5-9H2,1-4H3. The van der Waals surface area contributed by atoms with E-state index >= 15 is 0 Å². The van der Waals surface area contributed by atoms with Crippen LogP contribution in [0.5, 0.6) is 0 Å². The highest BCUT2D eigenvalue weighted by Gasteiger charge is 2.34. The van der Waals surface area contributed by atoms with Crippen LogP contribution in [0.2, 0.25) is 0 Å². The molecule has 1 unspecified atom stereocenters. The molecule has 94 valence electrons. The maximum absolute atomic E-state index is 11.6. The van der Waals surface area contributed by atoms with Gasteiger partial charge in [0.25, 0.3) is 0 Å². The topological polar surface area (TPSA) is 35.5 Å². The maximum Gasteiger partial charge on any atom is 0.509 e. The largest absolute Gasteiger partial charge is 0.509 e. The lowest BCUT2D eigenvalue weighted by Gasteiger charge is -2.26. The Labute approximate surface area is 98.5 Å². The molecular formula is C13H24O3. The van der Waals surface area contributed by atoms with E-state index in [0.29, 0.717) is 5.92 Å². The van der Waals surface area contributed by atoms with Crippen molar-refractivity contribution >= 4 is 6.16 Å². The smallest absolute Gasteiger partial charge is 0.431 e. The first-order chi connectivity index (χ1) is 7.47. The third-order valence-corrected chi connectivity index (χ3v) is 3.38. The van der Waals surface area contributed by atoms with Crippen LogP contribution < -0.4 is 0 Å². The molecule has 0 aromatic carbocycles. The average molecular weight is 228 g/mol. The van der Waals surface area contributed by atoms with Crippen molar-refractivity contribution in [1.82, 2.24) is 0 Å². The first kappa shape index (κ1) is 13.3. The van der Waals surface area contributed by atoms with E-state index in [4.69, 9.17) is 9.47 Å². The van der Waals surface area contributed by atoms with Crippen LogP contribution in [0.4, 0.5) is 4.79 Å². The second-order valence-corrected chi connectivity index (χ2v) is 5.32. The minimum absolute atomic E-state index is 0.0301. The Kier molecular flexibility index (Phi) is 4.63. The lowest BCUT2D eigenvalue weighted by molar-refractivity contribution is -0.0479. The predicted molar refractivity (Wildman–Crippen MR) is 63.4 cm³/mol. The summed E-state index contributed by atoms with van der Waals surface area (Å²) in [6.07, 6.45) is 4.52. The van der Waals surface area contributed by atoms with Gasteiger partial charge in [-0.25, -0.2) is 4.79 Å². The highest BCUT2D eigenvalue weighted by atomic mass is 16.7. The van der Waals surface area contributed by atoms with Crippen LogP contribution in [-0.4, -0.2) is 17.9 Å². The van der Waals surface area contributed by atoms with Gasteiger partial charge in [0.2, 0.25) is 0 Å². The number of hydrogen-bond donors (Lipinski definition) is 0. The van der Waals surface area contributed by atoms with E-state index in [9.17, 15) is 4.79 Å².